The summed E-state index contributed by atoms with van der Waals surface area (Å²) in [6, 6.07) is 14.7. The summed E-state index contributed by atoms with van der Waals surface area (Å²) < 4.78 is 25.8. The van der Waals surface area contributed by atoms with Gasteiger partial charge in [-0.15, -0.1) is 0 Å². The number of H-pyrrole nitrogens is 1. The van der Waals surface area contributed by atoms with E-state index in [2.05, 4.69) is 4.98 Å². The van der Waals surface area contributed by atoms with Crippen LogP contribution in [-0.2, 0) is 22.1 Å². The number of fused-ring (bicyclic) bond motifs is 2. The van der Waals surface area contributed by atoms with E-state index in [1.807, 2.05) is 42.5 Å². The maximum absolute atomic E-state index is 13.6. The van der Waals surface area contributed by atoms with E-state index >= 15 is 0 Å². The van der Waals surface area contributed by atoms with Gasteiger partial charge in [-0.1, -0.05) is 23.8 Å². The van der Waals surface area contributed by atoms with Gasteiger partial charge in [0.05, 0.1) is 29.4 Å². The highest BCUT2D eigenvalue weighted by molar-refractivity contribution is 7.89. The Labute approximate surface area is 191 Å². The zero-order chi connectivity index (χ0) is 23.5. The van der Waals surface area contributed by atoms with Gasteiger partial charge in [0.2, 0.25) is 0 Å². The first-order chi connectivity index (χ1) is 15.6. The number of sulfone groups is 1. The summed E-state index contributed by atoms with van der Waals surface area (Å²) in [5.41, 5.74) is 6.25. The number of aromatic nitrogens is 2. The number of hydrogen-bond acceptors (Lipinski definition) is 4. The lowest BCUT2D eigenvalue weighted by molar-refractivity contribution is 0.0985. The molecule has 7 nitrogen and oxygen atoms in total. The number of anilines is 1. The summed E-state index contributed by atoms with van der Waals surface area (Å²) in [4.78, 5) is 30.7. The molecule has 1 aliphatic rings. The standard InChI is InChI=1S/C25H23N3O4S/c1-15-4-7-18(8-5-15)25(30)27-13-19-12-26-24(29)23-16(2)10-22(28(19)23)20-11-17(6-9-21(20)27)14-33(3,31)32/h4-12H,13-14H2,1-3H3,(H,26,29). The zero-order valence-electron chi connectivity index (χ0n) is 18.5. The van der Waals surface area contributed by atoms with Crippen molar-refractivity contribution < 1.29 is 13.2 Å². The van der Waals surface area contributed by atoms with Crippen LogP contribution in [-0.4, -0.2) is 30.0 Å². The third kappa shape index (κ3) is 3.66. The summed E-state index contributed by atoms with van der Waals surface area (Å²) in [6.45, 7) is 4.08. The van der Waals surface area contributed by atoms with Gasteiger partial charge in [0, 0.05) is 23.6 Å². The topological polar surface area (TPSA) is 91.7 Å². The van der Waals surface area contributed by atoms with Crippen molar-refractivity contribution >= 4 is 26.9 Å². The Bertz CT molecular complexity index is 1600. The quantitative estimate of drug-likeness (QED) is 0.505. The van der Waals surface area contributed by atoms with Crippen LogP contribution in [0.15, 0.2) is 59.5 Å². The Hall–Kier alpha value is -3.65. The molecule has 0 unspecified atom stereocenters. The highest BCUT2D eigenvalue weighted by Gasteiger charge is 2.28. The Morgan fingerprint density at radius 3 is 2.48 bits per heavy atom. The van der Waals surface area contributed by atoms with Gasteiger partial charge < -0.3 is 14.3 Å². The molecule has 0 radical (unpaired) electrons. The van der Waals surface area contributed by atoms with E-state index in [4.69, 9.17) is 0 Å². The molecule has 4 aromatic rings. The van der Waals surface area contributed by atoms with Crippen molar-refractivity contribution in [1.29, 1.82) is 0 Å². The average Bonchev–Trinajstić information content (AvgIpc) is 3.04. The van der Waals surface area contributed by atoms with Crippen molar-refractivity contribution in [2.45, 2.75) is 26.1 Å². The molecule has 1 amide bonds. The van der Waals surface area contributed by atoms with Crippen molar-refractivity contribution in [1.82, 2.24) is 9.38 Å². The van der Waals surface area contributed by atoms with E-state index in [0.29, 0.717) is 27.9 Å². The average molecular weight is 462 g/mol. The Morgan fingerprint density at radius 2 is 1.79 bits per heavy atom. The van der Waals surface area contributed by atoms with Gasteiger partial charge in [-0.05, 0) is 55.3 Å². The monoisotopic (exact) mass is 461 g/mol. The van der Waals surface area contributed by atoms with E-state index in [1.165, 1.54) is 6.26 Å². The number of rotatable bonds is 3. The molecular formula is C25H23N3O4S. The van der Waals surface area contributed by atoms with Gasteiger partial charge in [-0.3, -0.25) is 9.59 Å². The Balaban J connectivity index is 1.77. The molecule has 5 rings (SSSR count). The molecule has 2 aromatic carbocycles. The van der Waals surface area contributed by atoms with Crippen molar-refractivity contribution in [3.05, 3.63) is 93.0 Å². The van der Waals surface area contributed by atoms with Crippen molar-refractivity contribution in [2.24, 2.45) is 0 Å². The van der Waals surface area contributed by atoms with E-state index in [0.717, 1.165) is 22.5 Å². The number of nitrogens with zero attached hydrogens (tertiary/aromatic N) is 2. The predicted molar refractivity (Wildman–Crippen MR) is 128 cm³/mol. The van der Waals surface area contributed by atoms with Crippen molar-refractivity contribution in [3.8, 4) is 11.3 Å². The van der Waals surface area contributed by atoms with Crippen LogP contribution in [0.3, 0.4) is 0 Å². The Morgan fingerprint density at radius 1 is 1.06 bits per heavy atom. The van der Waals surface area contributed by atoms with E-state index < -0.39 is 9.84 Å². The van der Waals surface area contributed by atoms with Gasteiger partial charge >= 0.3 is 0 Å². The predicted octanol–water partition coefficient (Wildman–Crippen LogP) is 3.62. The molecule has 33 heavy (non-hydrogen) atoms. The molecule has 168 valence electrons. The van der Waals surface area contributed by atoms with Crippen molar-refractivity contribution in [2.75, 3.05) is 11.2 Å². The first kappa shape index (κ1) is 21.2. The van der Waals surface area contributed by atoms with Crippen LogP contribution in [0.2, 0.25) is 0 Å². The minimum atomic E-state index is -3.25. The lowest BCUT2D eigenvalue weighted by Crippen LogP contribution is -2.31. The number of benzene rings is 2. The fraction of sp³-hybridized carbons (Fsp3) is 0.200. The van der Waals surface area contributed by atoms with Crippen LogP contribution < -0.4 is 10.5 Å². The minimum Gasteiger partial charge on any atom is -0.325 e. The highest BCUT2D eigenvalue weighted by atomic mass is 32.2. The number of carbonyl (C=O) groups is 1. The summed E-state index contributed by atoms with van der Waals surface area (Å²) in [5.74, 6) is -0.281. The van der Waals surface area contributed by atoms with Crippen LogP contribution in [0, 0.1) is 13.8 Å². The lowest BCUT2D eigenvalue weighted by Gasteiger charge is -2.24. The molecule has 0 saturated carbocycles. The normalized spacial score (nSPS) is 13.1. The van der Waals surface area contributed by atoms with Gasteiger partial charge in [-0.2, -0.15) is 0 Å². The molecule has 0 fully saturated rings. The molecule has 2 aromatic heterocycles. The number of carbonyl (C=O) groups excluding carboxylic acids is 1. The van der Waals surface area contributed by atoms with Crippen LogP contribution in [0.5, 0.6) is 0 Å². The maximum Gasteiger partial charge on any atom is 0.272 e. The number of hydrogen-bond donors (Lipinski definition) is 1. The second-order valence-corrected chi connectivity index (χ2v) is 10.8. The van der Waals surface area contributed by atoms with Crippen LogP contribution in [0.1, 0.15) is 32.7 Å². The molecule has 3 heterocycles. The Kier molecular flexibility index (Phi) is 4.79. The summed E-state index contributed by atoms with van der Waals surface area (Å²) in [7, 11) is -3.25. The lowest BCUT2D eigenvalue weighted by atomic mass is 10.0. The molecule has 0 bridgehead atoms. The number of amides is 1. The molecule has 0 aliphatic carbocycles. The smallest absolute Gasteiger partial charge is 0.272 e. The third-order valence-electron chi connectivity index (χ3n) is 5.98. The van der Waals surface area contributed by atoms with Crippen molar-refractivity contribution in [3.63, 3.8) is 0 Å². The van der Waals surface area contributed by atoms with E-state index in [-0.39, 0.29) is 23.8 Å². The summed E-state index contributed by atoms with van der Waals surface area (Å²) in [5, 5.41) is 0. The molecule has 1 N–H and O–H groups in total. The van der Waals surface area contributed by atoms with Crippen LogP contribution in [0.4, 0.5) is 5.69 Å². The van der Waals surface area contributed by atoms with E-state index in [1.54, 1.807) is 35.4 Å². The second-order valence-electron chi connectivity index (χ2n) is 8.68. The summed E-state index contributed by atoms with van der Waals surface area (Å²) >= 11 is 0. The molecule has 0 spiro atoms. The van der Waals surface area contributed by atoms with Gasteiger partial charge in [0.25, 0.3) is 11.5 Å². The number of nitrogens with one attached hydrogen (secondary N) is 1. The highest BCUT2D eigenvalue weighted by Crippen LogP contribution is 2.38. The third-order valence-corrected chi connectivity index (χ3v) is 6.84. The number of aryl methyl sites for hydroxylation is 2. The largest absolute Gasteiger partial charge is 0.325 e. The van der Waals surface area contributed by atoms with Gasteiger partial charge in [0.15, 0.2) is 9.84 Å². The molecule has 0 saturated heterocycles. The SMILES string of the molecule is Cc1ccc(C(=O)N2Cc3c[nH]c(=O)c4c(C)cc(n34)-c3cc(CS(C)(=O)=O)ccc32)cc1. The van der Waals surface area contributed by atoms with Gasteiger partial charge in [0.1, 0.15) is 5.52 Å². The zero-order valence-corrected chi connectivity index (χ0v) is 19.4. The minimum absolute atomic E-state index is 0.109. The molecular weight excluding hydrogens is 438 g/mol. The second kappa shape index (κ2) is 7.45. The molecule has 8 heteroatoms. The fourth-order valence-corrected chi connectivity index (χ4v) is 5.29. The first-order valence-electron chi connectivity index (χ1n) is 10.5. The van der Waals surface area contributed by atoms with Gasteiger partial charge in [-0.25, -0.2) is 8.42 Å². The maximum atomic E-state index is 13.6. The van der Waals surface area contributed by atoms with Crippen LogP contribution >= 0.6 is 0 Å². The van der Waals surface area contributed by atoms with E-state index in [9.17, 15) is 18.0 Å². The number of aromatic amines is 1. The molecule has 0 atom stereocenters. The first-order valence-corrected chi connectivity index (χ1v) is 12.6. The summed E-state index contributed by atoms with van der Waals surface area (Å²) in [6.07, 6.45) is 2.83. The molecule has 1 aliphatic heterocycles. The van der Waals surface area contributed by atoms with Crippen LogP contribution in [0.25, 0.3) is 16.8 Å². The fourth-order valence-electron chi connectivity index (χ4n) is 4.51.